The molecule has 8 nitrogen and oxygen atoms in total. The van der Waals surface area contributed by atoms with Crippen molar-refractivity contribution < 1.29 is 18.8 Å². The fraction of sp³-hybridized carbons (Fsp3) is 0.385. The topological polar surface area (TPSA) is 98.4 Å². The van der Waals surface area contributed by atoms with Gasteiger partial charge in [0.25, 0.3) is 5.91 Å². The molecule has 0 bridgehead atoms. The number of hydrogen-bond donors (Lipinski definition) is 2. The highest BCUT2D eigenvalue weighted by molar-refractivity contribution is 6.05. The minimum absolute atomic E-state index is 0.0759. The van der Waals surface area contributed by atoms with Crippen molar-refractivity contribution in [1.82, 2.24) is 25.1 Å². The van der Waals surface area contributed by atoms with Crippen LogP contribution < -0.4 is 5.32 Å². The molecule has 2 saturated heterocycles. The van der Waals surface area contributed by atoms with E-state index in [9.17, 15) is 14.4 Å². The average molecular weight is 476 g/mol. The zero-order chi connectivity index (χ0) is 24.1. The molecule has 0 radical (unpaired) electrons. The summed E-state index contributed by atoms with van der Waals surface area (Å²) in [5, 5.41) is 2.30. The van der Waals surface area contributed by atoms with Crippen molar-refractivity contribution >= 4 is 28.8 Å². The molecule has 0 saturated carbocycles. The molecular weight excluding hydrogens is 449 g/mol. The van der Waals surface area contributed by atoms with E-state index in [2.05, 4.69) is 20.2 Å². The Balaban J connectivity index is 1.13. The van der Waals surface area contributed by atoms with Gasteiger partial charge in [-0.05, 0) is 67.6 Å². The number of nitrogens with one attached hydrogen (secondary N) is 2. The molecule has 35 heavy (non-hydrogen) atoms. The summed E-state index contributed by atoms with van der Waals surface area (Å²) in [4.78, 5) is 48.5. The predicted molar refractivity (Wildman–Crippen MR) is 126 cm³/mol. The number of aromatic nitrogens is 2. The number of aromatic amines is 1. The van der Waals surface area contributed by atoms with E-state index >= 15 is 4.39 Å². The third-order valence-corrected chi connectivity index (χ3v) is 7.48. The van der Waals surface area contributed by atoms with Gasteiger partial charge in [-0.15, -0.1) is 0 Å². The van der Waals surface area contributed by atoms with Gasteiger partial charge in [0.05, 0.1) is 17.6 Å². The van der Waals surface area contributed by atoms with Gasteiger partial charge in [0.2, 0.25) is 11.8 Å². The van der Waals surface area contributed by atoms with Crippen LogP contribution in [0.5, 0.6) is 0 Å². The molecule has 180 valence electrons. The summed E-state index contributed by atoms with van der Waals surface area (Å²) in [5.41, 5.74) is 3.70. The number of halogens is 1. The number of benzene rings is 2. The van der Waals surface area contributed by atoms with Gasteiger partial charge in [-0.1, -0.05) is 18.2 Å². The second-order valence-electron chi connectivity index (χ2n) is 9.68. The maximum absolute atomic E-state index is 15.1. The highest BCUT2D eigenvalue weighted by Gasteiger charge is 2.40. The lowest BCUT2D eigenvalue weighted by Crippen LogP contribution is -2.52. The minimum atomic E-state index is -0.694. The number of amides is 3. The van der Waals surface area contributed by atoms with Crippen LogP contribution in [0.1, 0.15) is 58.9 Å². The smallest absolute Gasteiger partial charge is 0.255 e. The van der Waals surface area contributed by atoms with E-state index in [1.165, 1.54) is 11.0 Å². The third-order valence-electron chi connectivity index (χ3n) is 7.48. The summed E-state index contributed by atoms with van der Waals surface area (Å²) in [6, 6.07) is 10.4. The normalized spacial score (nSPS) is 21.6. The van der Waals surface area contributed by atoms with E-state index in [0.29, 0.717) is 17.5 Å². The maximum atomic E-state index is 15.1. The molecule has 1 unspecified atom stereocenters. The van der Waals surface area contributed by atoms with Crippen molar-refractivity contribution in [2.75, 3.05) is 13.1 Å². The van der Waals surface area contributed by atoms with E-state index in [-0.39, 0.29) is 36.5 Å². The summed E-state index contributed by atoms with van der Waals surface area (Å²) in [6.07, 6.45) is 2.13. The first-order chi connectivity index (χ1) is 17.0. The molecule has 3 amide bonds. The lowest BCUT2D eigenvalue weighted by atomic mass is 9.87. The Bertz CT molecular complexity index is 1310. The van der Waals surface area contributed by atoms with Crippen molar-refractivity contribution in [3.05, 3.63) is 64.7 Å². The second-order valence-corrected chi connectivity index (χ2v) is 9.68. The third kappa shape index (κ3) is 3.99. The molecule has 1 aromatic heterocycles. The Morgan fingerprint density at radius 2 is 1.86 bits per heavy atom. The van der Waals surface area contributed by atoms with Crippen LogP contribution >= 0.6 is 0 Å². The monoisotopic (exact) mass is 475 g/mol. The van der Waals surface area contributed by atoms with E-state index in [0.717, 1.165) is 54.9 Å². The number of carbonyl (C=O) groups excluding carboxylic acids is 3. The Kier molecular flexibility index (Phi) is 5.36. The van der Waals surface area contributed by atoms with Crippen LogP contribution in [0.3, 0.4) is 0 Å². The predicted octanol–water partition coefficient (Wildman–Crippen LogP) is 2.84. The lowest BCUT2D eigenvalue weighted by Gasteiger charge is -2.32. The molecule has 4 heterocycles. The number of imide groups is 1. The molecule has 6 rings (SSSR count). The quantitative estimate of drug-likeness (QED) is 0.566. The van der Waals surface area contributed by atoms with Crippen molar-refractivity contribution in [2.45, 2.75) is 50.7 Å². The van der Waals surface area contributed by atoms with Gasteiger partial charge >= 0.3 is 0 Å². The van der Waals surface area contributed by atoms with E-state index in [4.69, 9.17) is 0 Å². The van der Waals surface area contributed by atoms with Gasteiger partial charge in [0.15, 0.2) is 0 Å². The largest absolute Gasteiger partial charge is 0.341 e. The number of likely N-dealkylation sites (tertiary alicyclic amines) is 1. The molecule has 0 spiro atoms. The van der Waals surface area contributed by atoms with Crippen LogP contribution in [0.15, 0.2) is 36.4 Å². The molecular formula is C26H26FN5O3. The van der Waals surface area contributed by atoms with E-state index < -0.39 is 11.9 Å². The lowest BCUT2D eigenvalue weighted by molar-refractivity contribution is -0.136. The molecule has 2 N–H and O–H groups in total. The van der Waals surface area contributed by atoms with E-state index in [1.54, 1.807) is 0 Å². The summed E-state index contributed by atoms with van der Waals surface area (Å²) in [6.45, 7) is 2.65. The van der Waals surface area contributed by atoms with Crippen LogP contribution in [0.2, 0.25) is 0 Å². The number of piperidine rings is 2. The van der Waals surface area contributed by atoms with Crippen LogP contribution in [0.4, 0.5) is 4.39 Å². The molecule has 3 aliphatic rings. The number of H-pyrrole nitrogens is 1. The summed E-state index contributed by atoms with van der Waals surface area (Å²) in [5.74, 6) is -0.485. The van der Waals surface area contributed by atoms with Crippen molar-refractivity contribution in [3.63, 3.8) is 0 Å². The molecule has 0 aliphatic carbocycles. The first-order valence-electron chi connectivity index (χ1n) is 12.1. The summed E-state index contributed by atoms with van der Waals surface area (Å²) >= 11 is 0. The fourth-order valence-electron chi connectivity index (χ4n) is 5.62. The Morgan fingerprint density at radius 3 is 2.63 bits per heavy atom. The average Bonchev–Trinajstić information content (AvgIpc) is 3.39. The Hall–Kier alpha value is -3.59. The van der Waals surface area contributed by atoms with Gasteiger partial charge in [0.1, 0.15) is 17.7 Å². The number of imidazole rings is 1. The first-order valence-corrected chi connectivity index (χ1v) is 12.1. The molecule has 3 aromatic rings. The maximum Gasteiger partial charge on any atom is 0.255 e. The molecule has 2 fully saturated rings. The van der Waals surface area contributed by atoms with Crippen molar-refractivity contribution in [2.24, 2.45) is 0 Å². The Morgan fingerprint density at radius 1 is 1.06 bits per heavy atom. The fourth-order valence-corrected chi connectivity index (χ4v) is 5.62. The summed E-state index contributed by atoms with van der Waals surface area (Å²) in [7, 11) is 0. The number of hydrogen-bond acceptors (Lipinski definition) is 5. The van der Waals surface area contributed by atoms with Gasteiger partial charge in [-0.3, -0.25) is 24.6 Å². The highest BCUT2D eigenvalue weighted by Crippen LogP contribution is 2.35. The van der Waals surface area contributed by atoms with Gasteiger partial charge < -0.3 is 9.88 Å². The second kappa shape index (κ2) is 8.57. The highest BCUT2D eigenvalue weighted by atomic mass is 19.1. The minimum Gasteiger partial charge on any atom is -0.341 e. The zero-order valence-corrected chi connectivity index (χ0v) is 19.2. The number of carbonyl (C=O) groups is 3. The van der Waals surface area contributed by atoms with Gasteiger partial charge in [0, 0.05) is 18.5 Å². The van der Waals surface area contributed by atoms with Crippen LogP contribution in [-0.2, 0) is 22.7 Å². The van der Waals surface area contributed by atoms with Crippen LogP contribution in [0.25, 0.3) is 11.0 Å². The first kappa shape index (κ1) is 21.9. The Labute approximate surface area is 201 Å². The number of rotatable bonds is 4. The molecule has 2 aromatic carbocycles. The summed E-state index contributed by atoms with van der Waals surface area (Å²) < 4.78 is 15.1. The SMILES string of the molecule is O=C1CCC(N2Cc3cc(C4CCN(Cc5nc6ccccc6[nH]5)CC4)c(F)cc3C2=O)C(=O)N1. The van der Waals surface area contributed by atoms with Gasteiger partial charge in [-0.25, -0.2) is 9.37 Å². The number of nitrogens with zero attached hydrogens (tertiary/aromatic N) is 3. The molecule has 3 aliphatic heterocycles. The van der Waals surface area contributed by atoms with Crippen LogP contribution in [0, 0.1) is 5.82 Å². The standard InChI is InChI=1S/C26H26FN5O3/c27-19-12-18-16(13-32(26(18)35)22-5-6-24(33)30-25(22)34)11-17(19)15-7-9-31(10-8-15)14-23-28-20-3-1-2-4-21(20)29-23/h1-4,11-12,15,22H,5-10,13-14H2,(H,28,29)(H,30,33,34). The molecule has 9 heteroatoms. The number of fused-ring (bicyclic) bond motifs is 2. The molecule has 1 atom stereocenters. The van der Waals surface area contributed by atoms with Crippen LogP contribution in [-0.4, -0.2) is 56.6 Å². The van der Waals surface area contributed by atoms with Crippen molar-refractivity contribution in [3.8, 4) is 0 Å². The number of para-hydroxylation sites is 2. The zero-order valence-electron chi connectivity index (χ0n) is 19.2. The van der Waals surface area contributed by atoms with Gasteiger partial charge in [-0.2, -0.15) is 0 Å². The van der Waals surface area contributed by atoms with E-state index in [1.807, 2.05) is 30.3 Å². The van der Waals surface area contributed by atoms with Crippen molar-refractivity contribution in [1.29, 1.82) is 0 Å².